The number of carbonyl (C=O) groups excluding carboxylic acids is 1. The van der Waals surface area contributed by atoms with Crippen molar-refractivity contribution in [3.8, 4) is 6.07 Å². The van der Waals surface area contributed by atoms with Gasteiger partial charge in [0.1, 0.15) is 10.9 Å². The van der Waals surface area contributed by atoms with E-state index in [0.29, 0.717) is 14.0 Å². The molecule has 0 atom stereocenters. The predicted molar refractivity (Wildman–Crippen MR) is 55.0 cm³/mol. The minimum atomic E-state index is -0.464. The topological polar surface area (TPSA) is 66.9 Å². The molecule has 0 aliphatic heterocycles. The van der Waals surface area contributed by atoms with E-state index in [-0.39, 0.29) is 0 Å². The van der Waals surface area contributed by atoms with E-state index < -0.39 is 5.91 Å². The van der Waals surface area contributed by atoms with Crippen molar-refractivity contribution in [1.82, 2.24) is 0 Å². The van der Waals surface area contributed by atoms with Crippen LogP contribution in [0.4, 0.5) is 0 Å². The standard InChI is InChI=1S/C7H5IN2OS/c1-3-4(2-9)5(8)6(12-3)7(10)11/h1H3,(H2,10,11). The second kappa shape index (κ2) is 3.41. The van der Waals surface area contributed by atoms with Crippen molar-refractivity contribution in [1.29, 1.82) is 5.26 Å². The van der Waals surface area contributed by atoms with Crippen LogP contribution in [0.5, 0.6) is 0 Å². The summed E-state index contributed by atoms with van der Waals surface area (Å²) < 4.78 is 0.671. The number of nitrogens with zero attached hydrogens (tertiary/aromatic N) is 1. The zero-order chi connectivity index (χ0) is 9.30. The number of aryl methyl sites for hydroxylation is 1. The van der Waals surface area contributed by atoms with Gasteiger partial charge in [0.2, 0.25) is 0 Å². The molecule has 1 heterocycles. The van der Waals surface area contributed by atoms with Crippen LogP contribution < -0.4 is 5.73 Å². The van der Waals surface area contributed by atoms with E-state index in [0.717, 1.165) is 4.88 Å². The molecule has 0 aliphatic rings. The fourth-order valence-electron chi connectivity index (χ4n) is 0.803. The fourth-order valence-corrected chi connectivity index (χ4v) is 2.96. The number of hydrogen-bond acceptors (Lipinski definition) is 3. The van der Waals surface area contributed by atoms with Crippen LogP contribution in [0.15, 0.2) is 0 Å². The summed E-state index contributed by atoms with van der Waals surface area (Å²) in [4.78, 5) is 12.1. The van der Waals surface area contributed by atoms with Crippen molar-refractivity contribution in [3.05, 3.63) is 18.9 Å². The van der Waals surface area contributed by atoms with Crippen molar-refractivity contribution >= 4 is 39.8 Å². The van der Waals surface area contributed by atoms with Crippen LogP contribution in [0.2, 0.25) is 0 Å². The van der Waals surface area contributed by atoms with Gasteiger partial charge in [-0.15, -0.1) is 11.3 Å². The molecule has 0 unspecified atom stereocenters. The van der Waals surface area contributed by atoms with E-state index in [4.69, 9.17) is 11.0 Å². The Kier molecular flexibility index (Phi) is 2.69. The first-order valence-corrected chi connectivity index (χ1v) is 4.96. The maximum absolute atomic E-state index is 10.8. The van der Waals surface area contributed by atoms with E-state index >= 15 is 0 Å². The molecule has 0 aliphatic carbocycles. The monoisotopic (exact) mass is 292 g/mol. The summed E-state index contributed by atoms with van der Waals surface area (Å²) in [5.74, 6) is -0.464. The zero-order valence-electron chi connectivity index (χ0n) is 6.22. The van der Waals surface area contributed by atoms with Crippen LogP contribution in [0, 0.1) is 21.8 Å². The Balaban J connectivity index is 3.39. The van der Waals surface area contributed by atoms with Gasteiger partial charge in [-0.2, -0.15) is 5.26 Å². The van der Waals surface area contributed by atoms with Crippen molar-refractivity contribution in [2.45, 2.75) is 6.92 Å². The van der Waals surface area contributed by atoms with Gasteiger partial charge in [-0.3, -0.25) is 4.79 Å². The maximum atomic E-state index is 10.8. The molecule has 0 spiro atoms. The molecule has 62 valence electrons. The van der Waals surface area contributed by atoms with E-state index in [1.807, 2.05) is 28.7 Å². The van der Waals surface area contributed by atoms with Gasteiger partial charge in [0.15, 0.2) is 0 Å². The van der Waals surface area contributed by atoms with Gasteiger partial charge in [-0.1, -0.05) is 0 Å². The van der Waals surface area contributed by atoms with Gasteiger partial charge in [0, 0.05) is 4.88 Å². The summed E-state index contributed by atoms with van der Waals surface area (Å²) in [6.45, 7) is 1.80. The first-order valence-electron chi connectivity index (χ1n) is 3.06. The molecule has 2 N–H and O–H groups in total. The Morgan fingerprint density at radius 1 is 1.75 bits per heavy atom. The highest BCUT2D eigenvalue weighted by Crippen LogP contribution is 2.28. The Morgan fingerprint density at radius 3 is 2.58 bits per heavy atom. The molecule has 0 bridgehead atoms. The van der Waals surface area contributed by atoms with Crippen molar-refractivity contribution in [3.63, 3.8) is 0 Å². The van der Waals surface area contributed by atoms with Gasteiger partial charge in [0.05, 0.1) is 9.13 Å². The summed E-state index contributed by atoms with van der Waals surface area (Å²) in [7, 11) is 0. The first-order chi connectivity index (χ1) is 5.57. The number of amides is 1. The Morgan fingerprint density at radius 2 is 2.33 bits per heavy atom. The van der Waals surface area contributed by atoms with Gasteiger partial charge in [-0.25, -0.2) is 0 Å². The summed E-state index contributed by atoms with van der Waals surface area (Å²) >= 11 is 3.23. The van der Waals surface area contributed by atoms with Crippen LogP contribution >= 0.6 is 33.9 Å². The van der Waals surface area contributed by atoms with Gasteiger partial charge in [0.25, 0.3) is 5.91 Å². The average Bonchev–Trinajstić information content (AvgIpc) is 2.27. The van der Waals surface area contributed by atoms with Crippen LogP contribution in [-0.4, -0.2) is 5.91 Å². The fraction of sp³-hybridized carbons (Fsp3) is 0.143. The van der Waals surface area contributed by atoms with Crippen molar-refractivity contribution < 1.29 is 4.79 Å². The first kappa shape index (κ1) is 9.48. The largest absolute Gasteiger partial charge is 0.365 e. The molecular formula is C7H5IN2OS. The Hall–Kier alpha value is -0.610. The lowest BCUT2D eigenvalue weighted by Crippen LogP contribution is -2.10. The molecule has 5 heteroatoms. The smallest absolute Gasteiger partial charge is 0.259 e. The lowest BCUT2D eigenvalue weighted by molar-refractivity contribution is 0.100. The summed E-state index contributed by atoms with van der Waals surface area (Å²) in [6, 6.07) is 2.03. The Labute approximate surface area is 87.3 Å². The van der Waals surface area contributed by atoms with Crippen molar-refractivity contribution in [2.24, 2.45) is 5.73 Å². The molecule has 3 nitrogen and oxygen atoms in total. The highest BCUT2D eigenvalue weighted by Gasteiger charge is 2.16. The van der Waals surface area contributed by atoms with Crippen LogP contribution in [-0.2, 0) is 0 Å². The lowest BCUT2D eigenvalue weighted by atomic mass is 10.3. The quantitative estimate of drug-likeness (QED) is 0.799. The highest BCUT2D eigenvalue weighted by molar-refractivity contribution is 14.1. The second-order valence-corrected chi connectivity index (χ2v) is 4.46. The average molecular weight is 292 g/mol. The van der Waals surface area contributed by atoms with Crippen molar-refractivity contribution in [2.75, 3.05) is 0 Å². The molecule has 1 aromatic heterocycles. The van der Waals surface area contributed by atoms with E-state index in [1.54, 1.807) is 6.92 Å². The van der Waals surface area contributed by atoms with Crippen LogP contribution in [0.3, 0.4) is 0 Å². The van der Waals surface area contributed by atoms with Gasteiger partial charge in [-0.05, 0) is 29.5 Å². The molecule has 0 radical (unpaired) electrons. The minimum absolute atomic E-state index is 0.464. The van der Waals surface area contributed by atoms with Crippen LogP contribution in [0.25, 0.3) is 0 Å². The van der Waals surface area contributed by atoms with E-state index in [2.05, 4.69) is 0 Å². The number of halogens is 1. The third-order valence-corrected chi connectivity index (χ3v) is 3.93. The third-order valence-electron chi connectivity index (χ3n) is 1.36. The molecular weight excluding hydrogens is 287 g/mol. The van der Waals surface area contributed by atoms with Gasteiger partial charge >= 0.3 is 0 Å². The molecule has 12 heavy (non-hydrogen) atoms. The summed E-state index contributed by atoms with van der Waals surface area (Å²) in [5, 5.41) is 8.69. The van der Waals surface area contributed by atoms with Crippen LogP contribution in [0.1, 0.15) is 20.1 Å². The highest BCUT2D eigenvalue weighted by atomic mass is 127. The SMILES string of the molecule is Cc1sc(C(N)=O)c(I)c1C#N. The maximum Gasteiger partial charge on any atom is 0.259 e. The molecule has 0 saturated carbocycles. The zero-order valence-corrected chi connectivity index (χ0v) is 9.19. The predicted octanol–water partition coefficient (Wildman–Crippen LogP) is 1.63. The summed E-state index contributed by atoms with van der Waals surface area (Å²) in [6.07, 6.45) is 0. The minimum Gasteiger partial charge on any atom is -0.365 e. The lowest BCUT2D eigenvalue weighted by Gasteiger charge is -1.88. The number of carbonyl (C=O) groups is 1. The number of rotatable bonds is 1. The number of hydrogen-bond donors (Lipinski definition) is 1. The second-order valence-electron chi connectivity index (χ2n) is 2.15. The molecule has 1 rings (SSSR count). The molecule has 0 aromatic carbocycles. The number of nitrogens with two attached hydrogens (primary N) is 1. The molecule has 0 fully saturated rings. The summed E-state index contributed by atoms with van der Waals surface area (Å²) in [5.41, 5.74) is 5.67. The van der Waals surface area contributed by atoms with E-state index in [1.165, 1.54) is 11.3 Å². The number of thiophene rings is 1. The van der Waals surface area contributed by atoms with E-state index in [9.17, 15) is 4.79 Å². The molecule has 1 amide bonds. The Bertz CT molecular complexity index is 377. The molecule has 1 aromatic rings. The molecule has 0 saturated heterocycles. The van der Waals surface area contributed by atoms with Gasteiger partial charge < -0.3 is 5.73 Å². The number of nitriles is 1. The third kappa shape index (κ3) is 1.44. The number of primary amides is 1. The normalized spacial score (nSPS) is 9.42.